The fraction of sp³-hybridized carbons (Fsp3) is 0.125. The molecule has 4 aromatic carbocycles. The van der Waals surface area contributed by atoms with Crippen LogP contribution in [0.5, 0.6) is 11.5 Å². The lowest BCUT2D eigenvalue weighted by Gasteiger charge is -2.20. The van der Waals surface area contributed by atoms with Crippen LogP contribution in [0.3, 0.4) is 0 Å². The molecule has 4 aromatic rings. The van der Waals surface area contributed by atoms with Gasteiger partial charge in [0.25, 0.3) is 11.8 Å². The number of ether oxygens (including phenoxy) is 2. The summed E-state index contributed by atoms with van der Waals surface area (Å²) in [5, 5.41) is 17.9. The third-order valence-corrected chi connectivity index (χ3v) is 6.36. The first-order valence-corrected chi connectivity index (χ1v) is 12.9. The Morgan fingerprint density at radius 2 is 1.31 bits per heavy atom. The fourth-order valence-corrected chi connectivity index (χ4v) is 4.14. The van der Waals surface area contributed by atoms with E-state index in [-0.39, 0.29) is 34.7 Å². The maximum atomic E-state index is 13.5. The van der Waals surface area contributed by atoms with Gasteiger partial charge in [0.2, 0.25) is 5.91 Å². The van der Waals surface area contributed by atoms with E-state index in [9.17, 15) is 24.3 Å². The number of rotatable bonds is 10. The van der Waals surface area contributed by atoms with Crippen LogP contribution in [0, 0.1) is 0 Å². The molecule has 0 aliphatic rings. The third kappa shape index (κ3) is 7.30. The van der Waals surface area contributed by atoms with Crippen LogP contribution >= 0.6 is 0 Å². The largest absolute Gasteiger partial charge is 0.508 e. The predicted octanol–water partition coefficient (Wildman–Crippen LogP) is 4.42. The van der Waals surface area contributed by atoms with Crippen molar-refractivity contribution < 1.29 is 33.8 Å². The number of aromatic hydroxyl groups is 1. The molecule has 4 rings (SSSR count). The Hall–Kier alpha value is -5.64. The van der Waals surface area contributed by atoms with Crippen molar-refractivity contribution >= 4 is 35.1 Å². The lowest BCUT2D eigenvalue weighted by atomic mass is 10.0. The highest BCUT2D eigenvalue weighted by atomic mass is 16.5. The number of anilines is 2. The normalized spacial score (nSPS) is 11.1. The molecule has 0 spiro atoms. The highest BCUT2D eigenvalue weighted by Gasteiger charge is 2.25. The number of benzene rings is 4. The molecule has 0 saturated heterocycles. The van der Waals surface area contributed by atoms with E-state index in [0.29, 0.717) is 16.9 Å². The molecule has 0 saturated carbocycles. The summed E-state index contributed by atoms with van der Waals surface area (Å²) >= 11 is 0. The van der Waals surface area contributed by atoms with Crippen molar-refractivity contribution in [3.8, 4) is 11.5 Å². The van der Waals surface area contributed by atoms with Crippen molar-refractivity contribution in [2.45, 2.75) is 12.5 Å². The number of nitrogens with one attached hydrogen (secondary N) is 3. The number of hydrogen-bond donors (Lipinski definition) is 4. The van der Waals surface area contributed by atoms with Crippen molar-refractivity contribution in [3.63, 3.8) is 0 Å². The summed E-state index contributed by atoms with van der Waals surface area (Å²) in [6, 6.07) is 24.4. The van der Waals surface area contributed by atoms with Crippen LogP contribution in [0.4, 0.5) is 11.4 Å². The number of methoxy groups -OCH3 is 2. The zero-order chi connectivity index (χ0) is 30.1. The molecular formula is C32H29N3O7. The van der Waals surface area contributed by atoms with Crippen LogP contribution in [-0.2, 0) is 16.0 Å². The molecule has 3 amide bonds. The van der Waals surface area contributed by atoms with E-state index in [1.807, 2.05) is 0 Å². The van der Waals surface area contributed by atoms with Gasteiger partial charge in [-0.2, -0.15) is 0 Å². The molecule has 0 unspecified atom stereocenters. The lowest BCUT2D eigenvalue weighted by molar-refractivity contribution is -0.118. The number of para-hydroxylation sites is 2. The van der Waals surface area contributed by atoms with Gasteiger partial charge in [0.1, 0.15) is 17.5 Å². The monoisotopic (exact) mass is 567 g/mol. The van der Waals surface area contributed by atoms with Crippen molar-refractivity contribution in [1.29, 1.82) is 0 Å². The van der Waals surface area contributed by atoms with E-state index in [1.54, 1.807) is 72.8 Å². The van der Waals surface area contributed by atoms with Crippen molar-refractivity contribution in [1.82, 2.24) is 5.32 Å². The predicted molar refractivity (Wildman–Crippen MR) is 157 cm³/mol. The fourth-order valence-electron chi connectivity index (χ4n) is 4.14. The molecule has 10 nitrogen and oxygen atoms in total. The van der Waals surface area contributed by atoms with Gasteiger partial charge in [0, 0.05) is 12.0 Å². The van der Waals surface area contributed by atoms with Crippen LogP contribution < -0.4 is 20.7 Å². The van der Waals surface area contributed by atoms with Crippen LogP contribution in [0.25, 0.3) is 0 Å². The summed E-state index contributed by atoms with van der Waals surface area (Å²) in [4.78, 5) is 52.2. The van der Waals surface area contributed by atoms with Gasteiger partial charge in [0.05, 0.1) is 36.7 Å². The molecular weight excluding hydrogens is 538 g/mol. The summed E-state index contributed by atoms with van der Waals surface area (Å²) in [5.74, 6) is -1.62. The second-order valence-corrected chi connectivity index (χ2v) is 9.15. The maximum Gasteiger partial charge on any atom is 0.339 e. The van der Waals surface area contributed by atoms with E-state index in [2.05, 4.69) is 16.0 Å². The van der Waals surface area contributed by atoms with Crippen LogP contribution in [0.2, 0.25) is 0 Å². The Balaban J connectivity index is 1.58. The minimum Gasteiger partial charge on any atom is -0.508 e. The van der Waals surface area contributed by atoms with Crippen molar-refractivity contribution in [2.75, 3.05) is 24.9 Å². The molecule has 4 N–H and O–H groups in total. The SMILES string of the molecule is COC(=O)c1ccccc1NC(=O)[C@H](Cc1ccc(O)cc1)NC(=O)c1ccccc1NC(=O)c1ccc(OC)cc1. The maximum absolute atomic E-state index is 13.5. The molecule has 10 heteroatoms. The molecule has 0 radical (unpaired) electrons. The van der Waals surface area contributed by atoms with Crippen LogP contribution in [0.1, 0.15) is 36.6 Å². The van der Waals surface area contributed by atoms with Crippen LogP contribution in [0.15, 0.2) is 97.1 Å². The first kappa shape index (κ1) is 29.3. The molecule has 0 aromatic heterocycles. The molecule has 0 heterocycles. The number of esters is 1. The molecule has 0 aliphatic carbocycles. The lowest BCUT2D eigenvalue weighted by Crippen LogP contribution is -2.45. The second-order valence-electron chi connectivity index (χ2n) is 9.15. The zero-order valence-electron chi connectivity index (χ0n) is 22.9. The summed E-state index contributed by atoms with van der Waals surface area (Å²) < 4.78 is 9.94. The molecule has 0 aliphatic heterocycles. The Bertz CT molecular complexity index is 1580. The summed E-state index contributed by atoms with van der Waals surface area (Å²) in [6.45, 7) is 0. The third-order valence-electron chi connectivity index (χ3n) is 6.36. The van der Waals surface area contributed by atoms with Gasteiger partial charge >= 0.3 is 5.97 Å². The van der Waals surface area contributed by atoms with E-state index < -0.39 is 29.7 Å². The van der Waals surface area contributed by atoms with Crippen molar-refractivity contribution in [3.05, 3.63) is 119 Å². The number of carbonyl (C=O) groups is 4. The minimum absolute atomic E-state index is 0.0531. The quantitative estimate of drug-likeness (QED) is 0.208. The number of hydrogen-bond acceptors (Lipinski definition) is 7. The van der Waals surface area contributed by atoms with Crippen LogP contribution in [-0.4, -0.2) is 49.1 Å². The summed E-state index contributed by atoms with van der Waals surface area (Å²) in [5.41, 5.74) is 1.77. The van der Waals surface area contributed by atoms with E-state index >= 15 is 0 Å². The zero-order valence-corrected chi connectivity index (χ0v) is 22.9. The molecule has 214 valence electrons. The highest BCUT2D eigenvalue weighted by Crippen LogP contribution is 2.20. The Morgan fingerprint density at radius 3 is 1.93 bits per heavy atom. The van der Waals surface area contributed by atoms with Gasteiger partial charge in [-0.3, -0.25) is 14.4 Å². The Kier molecular flexibility index (Phi) is 9.52. The Labute approximate surface area is 242 Å². The van der Waals surface area contributed by atoms with Gasteiger partial charge in [-0.05, 0) is 66.2 Å². The van der Waals surface area contributed by atoms with Gasteiger partial charge in [0.15, 0.2) is 0 Å². The topological polar surface area (TPSA) is 143 Å². The molecule has 1 atom stereocenters. The molecule has 42 heavy (non-hydrogen) atoms. The number of phenols is 1. The van der Waals surface area contributed by atoms with E-state index in [4.69, 9.17) is 9.47 Å². The highest BCUT2D eigenvalue weighted by molar-refractivity contribution is 6.10. The standard InChI is InChI=1S/C32H29N3O7/c1-41-23-17-13-21(14-18-23)29(37)33-26-9-5-3-7-24(26)30(38)35-28(19-20-11-15-22(36)16-12-20)31(39)34-27-10-6-4-8-25(27)32(40)42-2/h3-18,28,36H,19H2,1-2H3,(H,33,37)(H,34,39)(H,35,38)/t28-/m0/s1. The minimum atomic E-state index is -1.10. The van der Waals surface area contributed by atoms with Gasteiger partial charge < -0.3 is 30.5 Å². The van der Waals surface area contributed by atoms with Gasteiger partial charge in [-0.25, -0.2) is 4.79 Å². The molecule has 0 bridgehead atoms. The number of phenolic OH excluding ortho intramolecular Hbond substituents is 1. The smallest absolute Gasteiger partial charge is 0.339 e. The van der Waals surface area contributed by atoms with E-state index in [1.165, 1.54) is 38.5 Å². The molecule has 0 fully saturated rings. The average Bonchev–Trinajstić information content (AvgIpc) is 3.01. The Morgan fingerprint density at radius 1 is 0.714 bits per heavy atom. The summed E-state index contributed by atoms with van der Waals surface area (Å²) in [7, 11) is 2.76. The first-order chi connectivity index (χ1) is 20.3. The summed E-state index contributed by atoms with van der Waals surface area (Å²) in [6.07, 6.45) is 0.0681. The second kappa shape index (κ2) is 13.6. The van der Waals surface area contributed by atoms with Gasteiger partial charge in [-0.15, -0.1) is 0 Å². The first-order valence-electron chi connectivity index (χ1n) is 12.9. The number of amides is 3. The number of carbonyl (C=O) groups excluding carboxylic acids is 4. The van der Waals surface area contributed by atoms with Crippen molar-refractivity contribution in [2.24, 2.45) is 0 Å². The van der Waals surface area contributed by atoms with Gasteiger partial charge in [-0.1, -0.05) is 36.4 Å². The van der Waals surface area contributed by atoms with E-state index in [0.717, 1.165) is 0 Å². The average molecular weight is 568 g/mol.